The number of carbonyl (C=O) groups is 1. The molecule has 0 bridgehead atoms. The average molecular weight is 281 g/mol. The lowest BCUT2D eigenvalue weighted by Gasteiger charge is -2.19. The minimum atomic E-state index is -0.448. The van der Waals surface area contributed by atoms with E-state index in [1.807, 2.05) is 20.8 Å². The maximum Gasteiger partial charge on any atom is 0.407 e. The molecular formula is C15H27N3O2. The molecule has 5 nitrogen and oxygen atoms in total. The number of aryl methyl sites for hydroxylation is 1. The van der Waals surface area contributed by atoms with Gasteiger partial charge in [0.05, 0.1) is 0 Å². The molecular weight excluding hydrogens is 254 g/mol. The van der Waals surface area contributed by atoms with Gasteiger partial charge in [0, 0.05) is 38.1 Å². The number of ether oxygens (including phenoxy) is 1. The Kier molecular flexibility index (Phi) is 5.62. The van der Waals surface area contributed by atoms with E-state index in [1.165, 1.54) is 17.0 Å². The smallest absolute Gasteiger partial charge is 0.407 e. The first-order valence-electron chi connectivity index (χ1n) is 7.00. The third kappa shape index (κ3) is 5.25. The van der Waals surface area contributed by atoms with Crippen molar-refractivity contribution in [3.05, 3.63) is 23.0 Å². The molecule has 5 heteroatoms. The minimum Gasteiger partial charge on any atom is -0.444 e. The molecule has 0 atom stereocenters. The lowest BCUT2D eigenvalue weighted by Crippen LogP contribution is -2.36. The van der Waals surface area contributed by atoms with Gasteiger partial charge in [-0.3, -0.25) is 0 Å². The normalized spacial score (nSPS) is 11.5. The van der Waals surface area contributed by atoms with E-state index in [0.717, 1.165) is 6.54 Å². The van der Waals surface area contributed by atoms with E-state index >= 15 is 0 Å². The lowest BCUT2D eigenvalue weighted by molar-refractivity contribution is 0.0528. The molecule has 0 aliphatic rings. The Morgan fingerprint density at radius 3 is 2.45 bits per heavy atom. The molecule has 0 unspecified atom stereocenters. The number of nitrogens with one attached hydrogen (secondary N) is 2. The maximum atomic E-state index is 11.4. The number of rotatable bonds is 5. The van der Waals surface area contributed by atoms with Crippen molar-refractivity contribution in [2.24, 2.45) is 7.05 Å². The van der Waals surface area contributed by atoms with Crippen LogP contribution < -0.4 is 10.6 Å². The first kappa shape index (κ1) is 16.6. The van der Waals surface area contributed by atoms with Gasteiger partial charge < -0.3 is 19.9 Å². The van der Waals surface area contributed by atoms with Gasteiger partial charge in [-0.25, -0.2) is 4.79 Å². The third-order valence-corrected chi connectivity index (χ3v) is 3.17. The van der Waals surface area contributed by atoms with E-state index in [-0.39, 0.29) is 6.09 Å². The molecule has 1 rings (SSSR count). The number of amides is 1. The Balaban J connectivity index is 2.22. The second-order valence-electron chi connectivity index (χ2n) is 6.06. The zero-order valence-electron chi connectivity index (χ0n) is 13.5. The standard InChI is InChI=1S/C15H27N3O2/c1-11-9-13(12(2)18(11)6)10-16-7-8-17-14(19)20-15(3,4)5/h9,16H,7-8,10H2,1-6H3,(H,17,19). The first-order valence-corrected chi connectivity index (χ1v) is 7.00. The molecule has 1 heterocycles. The van der Waals surface area contributed by atoms with Crippen molar-refractivity contribution in [3.63, 3.8) is 0 Å². The molecule has 2 N–H and O–H groups in total. The number of aromatic nitrogens is 1. The molecule has 1 aromatic rings. The lowest BCUT2D eigenvalue weighted by atomic mass is 10.2. The molecule has 1 amide bonds. The van der Waals surface area contributed by atoms with Crippen molar-refractivity contribution >= 4 is 6.09 Å². The van der Waals surface area contributed by atoms with Crippen LogP contribution in [0, 0.1) is 13.8 Å². The molecule has 0 aromatic carbocycles. The van der Waals surface area contributed by atoms with Crippen molar-refractivity contribution in [1.29, 1.82) is 0 Å². The molecule has 20 heavy (non-hydrogen) atoms. The second-order valence-corrected chi connectivity index (χ2v) is 6.06. The van der Waals surface area contributed by atoms with E-state index in [1.54, 1.807) is 0 Å². The quantitative estimate of drug-likeness (QED) is 0.814. The van der Waals surface area contributed by atoms with Crippen molar-refractivity contribution in [2.75, 3.05) is 13.1 Å². The van der Waals surface area contributed by atoms with Gasteiger partial charge >= 0.3 is 6.09 Å². The van der Waals surface area contributed by atoms with Crippen LogP contribution in [0.2, 0.25) is 0 Å². The highest BCUT2D eigenvalue weighted by atomic mass is 16.6. The molecule has 0 aliphatic heterocycles. The second kappa shape index (κ2) is 6.79. The van der Waals surface area contributed by atoms with Gasteiger partial charge in [-0.2, -0.15) is 0 Å². The summed E-state index contributed by atoms with van der Waals surface area (Å²) in [6.07, 6.45) is -0.369. The number of nitrogens with zero attached hydrogens (tertiary/aromatic N) is 1. The molecule has 0 spiro atoms. The van der Waals surface area contributed by atoms with Crippen LogP contribution in [0.5, 0.6) is 0 Å². The molecule has 0 fully saturated rings. The van der Waals surface area contributed by atoms with Crippen LogP contribution >= 0.6 is 0 Å². The van der Waals surface area contributed by atoms with Crippen molar-refractivity contribution < 1.29 is 9.53 Å². The molecule has 0 saturated heterocycles. The van der Waals surface area contributed by atoms with Gasteiger partial charge in [-0.15, -0.1) is 0 Å². The first-order chi connectivity index (χ1) is 9.20. The van der Waals surface area contributed by atoms with Crippen LogP contribution in [0.15, 0.2) is 6.07 Å². The molecule has 114 valence electrons. The summed E-state index contributed by atoms with van der Waals surface area (Å²) in [7, 11) is 2.07. The zero-order chi connectivity index (χ0) is 15.3. The van der Waals surface area contributed by atoms with Crippen LogP contribution in [0.1, 0.15) is 37.7 Å². The Bertz CT molecular complexity index is 458. The van der Waals surface area contributed by atoms with Gasteiger partial charge in [0.25, 0.3) is 0 Å². The predicted molar refractivity (Wildman–Crippen MR) is 80.8 cm³/mol. The molecule has 0 saturated carbocycles. The van der Waals surface area contributed by atoms with Crippen molar-refractivity contribution in [3.8, 4) is 0 Å². The summed E-state index contributed by atoms with van der Waals surface area (Å²) in [4.78, 5) is 11.4. The highest BCUT2D eigenvalue weighted by molar-refractivity contribution is 5.67. The van der Waals surface area contributed by atoms with E-state index in [4.69, 9.17) is 4.74 Å². The Hall–Kier alpha value is -1.49. The average Bonchev–Trinajstić information content (AvgIpc) is 2.54. The van der Waals surface area contributed by atoms with Crippen molar-refractivity contribution in [1.82, 2.24) is 15.2 Å². The summed E-state index contributed by atoms with van der Waals surface area (Å²) < 4.78 is 7.34. The van der Waals surface area contributed by atoms with Gasteiger partial charge in [0.2, 0.25) is 0 Å². The number of carbonyl (C=O) groups excluding carboxylic acids is 1. The van der Waals surface area contributed by atoms with Crippen LogP contribution in [0.25, 0.3) is 0 Å². The number of alkyl carbamates (subject to hydrolysis) is 1. The maximum absolute atomic E-state index is 11.4. The van der Waals surface area contributed by atoms with E-state index in [0.29, 0.717) is 13.1 Å². The van der Waals surface area contributed by atoms with Gasteiger partial charge in [0.15, 0.2) is 0 Å². The predicted octanol–water partition coefficient (Wildman–Crippen LogP) is 2.26. The fraction of sp³-hybridized carbons (Fsp3) is 0.667. The largest absolute Gasteiger partial charge is 0.444 e. The van der Waals surface area contributed by atoms with E-state index < -0.39 is 5.60 Å². The highest BCUT2D eigenvalue weighted by Crippen LogP contribution is 2.12. The fourth-order valence-electron chi connectivity index (χ4n) is 1.90. The fourth-order valence-corrected chi connectivity index (χ4v) is 1.90. The van der Waals surface area contributed by atoms with Gasteiger partial charge in [0.1, 0.15) is 5.60 Å². The Morgan fingerprint density at radius 2 is 1.95 bits per heavy atom. The van der Waals surface area contributed by atoms with E-state index in [9.17, 15) is 4.79 Å². The van der Waals surface area contributed by atoms with Crippen LogP contribution in [0.4, 0.5) is 4.79 Å². The van der Waals surface area contributed by atoms with Gasteiger partial charge in [-0.1, -0.05) is 0 Å². The monoisotopic (exact) mass is 281 g/mol. The topological polar surface area (TPSA) is 55.3 Å². The summed E-state index contributed by atoms with van der Waals surface area (Å²) in [6.45, 7) is 11.8. The summed E-state index contributed by atoms with van der Waals surface area (Å²) in [5.74, 6) is 0. The van der Waals surface area contributed by atoms with Crippen LogP contribution in [-0.2, 0) is 18.3 Å². The summed E-state index contributed by atoms with van der Waals surface area (Å²) >= 11 is 0. The van der Waals surface area contributed by atoms with Crippen LogP contribution in [-0.4, -0.2) is 29.4 Å². The van der Waals surface area contributed by atoms with Crippen molar-refractivity contribution in [2.45, 2.75) is 46.8 Å². The molecule has 1 aromatic heterocycles. The summed E-state index contributed by atoms with van der Waals surface area (Å²) in [5.41, 5.74) is 3.37. The molecule has 0 aliphatic carbocycles. The summed E-state index contributed by atoms with van der Waals surface area (Å²) in [5, 5.41) is 6.05. The van der Waals surface area contributed by atoms with Gasteiger partial charge in [-0.05, 0) is 46.2 Å². The summed E-state index contributed by atoms with van der Waals surface area (Å²) in [6, 6.07) is 2.18. The third-order valence-electron chi connectivity index (χ3n) is 3.17. The molecule has 0 radical (unpaired) electrons. The minimum absolute atomic E-state index is 0.369. The number of hydrogen-bond donors (Lipinski definition) is 2. The number of hydrogen-bond acceptors (Lipinski definition) is 3. The van der Waals surface area contributed by atoms with E-state index in [2.05, 4.69) is 42.2 Å². The highest BCUT2D eigenvalue weighted by Gasteiger charge is 2.15. The Morgan fingerprint density at radius 1 is 1.30 bits per heavy atom. The zero-order valence-corrected chi connectivity index (χ0v) is 13.5. The van der Waals surface area contributed by atoms with Crippen LogP contribution in [0.3, 0.4) is 0 Å². The Labute approximate surface area is 121 Å². The SMILES string of the molecule is Cc1cc(CNCCNC(=O)OC(C)(C)C)c(C)n1C.